The lowest BCUT2D eigenvalue weighted by Gasteiger charge is -2.30. The molecule has 0 amide bonds. The zero-order valence-electron chi connectivity index (χ0n) is 11.2. The molecule has 1 aliphatic heterocycles. The van der Waals surface area contributed by atoms with Crippen LogP contribution in [-0.2, 0) is 0 Å². The Morgan fingerprint density at radius 2 is 1.81 bits per heavy atom. The number of rotatable bonds is 5. The van der Waals surface area contributed by atoms with Gasteiger partial charge in [0.2, 0.25) is 0 Å². The zero-order valence-corrected chi connectivity index (χ0v) is 11.2. The van der Waals surface area contributed by atoms with Crippen LogP contribution in [0.5, 0.6) is 0 Å². The molecule has 1 heterocycles. The minimum atomic E-state index is 0.754. The summed E-state index contributed by atoms with van der Waals surface area (Å²) in [6, 6.07) is 0.754. The van der Waals surface area contributed by atoms with Gasteiger partial charge in [0.05, 0.1) is 0 Å². The molecule has 16 heavy (non-hydrogen) atoms. The van der Waals surface area contributed by atoms with Crippen LogP contribution >= 0.6 is 0 Å². The van der Waals surface area contributed by atoms with Crippen molar-refractivity contribution >= 4 is 0 Å². The highest BCUT2D eigenvalue weighted by Gasteiger charge is 2.38. The van der Waals surface area contributed by atoms with E-state index in [1.54, 1.807) is 0 Å². The molecule has 1 saturated heterocycles. The Morgan fingerprint density at radius 1 is 1.19 bits per heavy atom. The lowest BCUT2D eigenvalue weighted by atomic mass is 10.0. The van der Waals surface area contributed by atoms with E-state index in [9.17, 15) is 0 Å². The maximum Gasteiger partial charge on any atom is 0.0105 e. The Balaban J connectivity index is 1.79. The Bertz CT molecular complexity index is 205. The summed E-state index contributed by atoms with van der Waals surface area (Å²) in [5.74, 6) is 2.85. The molecule has 2 aliphatic rings. The van der Waals surface area contributed by atoms with Gasteiger partial charge in [-0.3, -0.25) is 4.90 Å². The van der Waals surface area contributed by atoms with Crippen molar-refractivity contribution in [1.29, 1.82) is 0 Å². The number of fused-ring (bicyclic) bond motifs is 1. The second-order valence-electron chi connectivity index (χ2n) is 5.93. The number of hydrogen-bond acceptors (Lipinski definition) is 2. The topological polar surface area (TPSA) is 15.3 Å². The number of likely N-dealkylation sites (tertiary alicyclic amines) is 1. The molecule has 0 aromatic carbocycles. The third-order valence-corrected chi connectivity index (χ3v) is 4.87. The third-order valence-electron chi connectivity index (χ3n) is 4.87. The van der Waals surface area contributed by atoms with Gasteiger partial charge in [-0.1, -0.05) is 20.3 Å². The summed E-state index contributed by atoms with van der Waals surface area (Å²) in [6.45, 7) is 12.0. The van der Waals surface area contributed by atoms with Crippen LogP contribution in [0.1, 0.15) is 40.0 Å². The fourth-order valence-electron chi connectivity index (χ4n) is 3.51. The Labute approximate surface area is 101 Å². The van der Waals surface area contributed by atoms with E-state index in [4.69, 9.17) is 0 Å². The summed E-state index contributed by atoms with van der Waals surface area (Å²) >= 11 is 0. The average molecular weight is 224 g/mol. The molecule has 0 aromatic heterocycles. The number of nitrogens with one attached hydrogen (secondary N) is 1. The Hall–Kier alpha value is -0.0800. The van der Waals surface area contributed by atoms with Crippen molar-refractivity contribution in [3.8, 4) is 0 Å². The minimum Gasteiger partial charge on any atom is -0.317 e. The van der Waals surface area contributed by atoms with Crippen molar-refractivity contribution in [3.63, 3.8) is 0 Å². The van der Waals surface area contributed by atoms with Gasteiger partial charge in [-0.25, -0.2) is 0 Å². The second-order valence-corrected chi connectivity index (χ2v) is 5.93. The van der Waals surface area contributed by atoms with Gasteiger partial charge < -0.3 is 5.32 Å². The quantitative estimate of drug-likeness (QED) is 0.771. The summed E-state index contributed by atoms with van der Waals surface area (Å²) in [6.07, 6.45) is 4.48. The van der Waals surface area contributed by atoms with Gasteiger partial charge in [-0.05, 0) is 50.6 Å². The highest BCUT2D eigenvalue weighted by molar-refractivity contribution is 4.91. The van der Waals surface area contributed by atoms with Crippen LogP contribution in [0.15, 0.2) is 0 Å². The van der Waals surface area contributed by atoms with E-state index in [1.165, 1.54) is 38.9 Å². The molecule has 0 radical (unpaired) electrons. The van der Waals surface area contributed by atoms with Crippen LogP contribution in [0.25, 0.3) is 0 Å². The third kappa shape index (κ3) is 2.60. The second kappa shape index (κ2) is 5.50. The van der Waals surface area contributed by atoms with Crippen molar-refractivity contribution in [3.05, 3.63) is 0 Å². The Kier molecular flexibility index (Phi) is 4.26. The summed E-state index contributed by atoms with van der Waals surface area (Å²) in [5.41, 5.74) is 0. The molecule has 94 valence electrons. The summed E-state index contributed by atoms with van der Waals surface area (Å²) in [4.78, 5) is 2.75. The highest BCUT2D eigenvalue weighted by Crippen LogP contribution is 2.38. The van der Waals surface area contributed by atoms with E-state index in [2.05, 4.69) is 31.0 Å². The summed E-state index contributed by atoms with van der Waals surface area (Å²) < 4.78 is 0. The van der Waals surface area contributed by atoms with Crippen LogP contribution in [0.4, 0.5) is 0 Å². The molecule has 1 aliphatic carbocycles. The van der Waals surface area contributed by atoms with Crippen molar-refractivity contribution in [2.75, 3.05) is 26.2 Å². The fraction of sp³-hybridized carbons (Fsp3) is 1.00. The molecular weight excluding hydrogens is 196 g/mol. The van der Waals surface area contributed by atoms with Crippen molar-refractivity contribution in [2.45, 2.75) is 46.1 Å². The van der Waals surface area contributed by atoms with Crippen LogP contribution < -0.4 is 5.32 Å². The van der Waals surface area contributed by atoms with Gasteiger partial charge in [0, 0.05) is 19.1 Å². The molecule has 2 rings (SSSR count). The van der Waals surface area contributed by atoms with E-state index in [1.807, 2.05) is 0 Å². The van der Waals surface area contributed by atoms with E-state index in [-0.39, 0.29) is 0 Å². The van der Waals surface area contributed by atoms with Gasteiger partial charge in [0.15, 0.2) is 0 Å². The predicted molar refractivity (Wildman–Crippen MR) is 69.6 cm³/mol. The van der Waals surface area contributed by atoms with Crippen LogP contribution in [0.2, 0.25) is 0 Å². The molecule has 0 aromatic rings. The summed E-state index contributed by atoms with van der Waals surface area (Å²) in [7, 11) is 0. The number of nitrogens with zero attached hydrogens (tertiary/aromatic N) is 1. The molecule has 1 N–H and O–H groups in total. The first-order chi connectivity index (χ1) is 7.72. The van der Waals surface area contributed by atoms with Crippen molar-refractivity contribution in [1.82, 2.24) is 10.2 Å². The standard InChI is InChI=1S/C14H28N2/c1-4-15-8-11(2)12(3)16-9-13-6-5-7-14(13)10-16/h11-15H,4-10H2,1-3H3. The first-order valence-electron chi connectivity index (χ1n) is 7.17. The molecular formula is C14H28N2. The van der Waals surface area contributed by atoms with Gasteiger partial charge in [-0.2, -0.15) is 0 Å². The van der Waals surface area contributed by atoms with E-state index >= 15 is 0 Å². The van der Waals surface area contributed by atoms with Crippen molar-refractivity contribution in [2.24, 2.45) is 17.8 Å². The first-order valence-corrected chi connectivity index (χ1v) is 7.17. The molecule has 1 saturated carbocycles. The predicted octanol–water partition coefficient (Wildman–Crippen LogP) is 2.35. The highest BCUT2D eigenvalue weighted by atomic mass is 15.2. The van der Waals surface area contributed by atoms with Crippen LogP contribution in [-0.4, -0.2) is 37.1 Å². The maximum atomic E-state index is 3.48. The van der Waals surface area contributed by atoms with E-state index in [0.717, 1.165) is 30.3 Å². The average Bonchev–Trinajstić information content (AvgIpc) is 2.84. The molecule has 4 atom stereocenters. The lowest BCUT2D eigenvalue weighted by Crippen LogP contribution is -2.40. The molecule has 0 spiro atoms. The minimum absolute atomic E-state index is 0.754. The van der Waals surface area contributed by atoms with E-state index < -0.39 is 0 Å². The van der Waals surface area contributed by atoms with Gasteiger partial charge in [-0.15, -0.1) is 0 Å². The molecule has 2 heteroatoms. The maximum absolute atomic E-state index is 3.48. The molecule has 2 nitrogen and oxygen atoms in total. The largest absolute Gasteiger partial charge is 0.317 e. The smallest absolute Gasteiger partial charge is 0.0105 e. The molecule has 4 unspecified atom stereocenters. The fourth-order valence-corrected chi connectivity index (χ4v) is 3.51. The normalized spacial score (nSPS) is 33.9. The van der Waals surface area contributed by atoms with Crippen LogP contribution in [0, 0.1) is 17.8 Å². The SMILES string of the molecule is CCNCC(C)C(C)N1CC2CCCC2C1. The van der Waals surface area contributed by atoms with Gasteiger partial charge in [0.25, 0.3) is 0 Å². The van der Waals surface area contributed by atoms with Gasteiger partial charge in [0.1, 0.15) is 0 Å². The van der Waals surface area contributed by atoms with Crippen LogP contribution in [0.3, 0.4) is 0 Å². The van der Waals surface area contributed by atoms with Gasteiger partial charge >= 0.3 is 0 Å². The number of hydrogen-bond donors (Lipinski definition) is 1. The lowest BCUT2D eigenvalue weighted by molar-refractivity contribution is 0.182. The molecule has 2 fully saturated rings. The zero-order chi connectivity index (χ0) is 11.5. The van der Waals surface area contributed by atoms with E-state index in [0.29, 0.717) is 0 Å². The first kappa shape index (κ1) is 12.4. The van der Waals surface area contributed by atoms with Crippen molar-refractivity contribution < 1.29 is 0 Å². The molecule has 0 bridgehead atoms. The monoisotopic (exact) mass is 224 g/mol. The summed E-state index contributed by atoms with van der Waals surface area (Å²) in [5, 5.41) is 3.48. The Morgan fingerprint density at radius 3 is 2.38 bits per heavy atom.